The Hall–Kier alpha value is -1.13. The van der Waals surface area contributed by atoms with Gasteiger partial charge >= 0.3 is 0 Å². The molecule has 0 aliphatic carbocycles. The highest BCUT2D eigenvalue weighted by Gasteiger charge is 2.49. The SMILES string of the molecule is CC(C)=CCC/C(C)=C/CN1CC[C@H](O)[C@@]2(CCCNC2=O)C1. The van der Waals surface area contributed by atoms with Crippen LogP contribution in [0, 0.1) is 5.41 Å². The second-order valence-electron chi connectivity index (χ2n) is 7.43. The zero-order valence-electron chi connectivity index (χ0n) is 14.9. The Bertz CT molecular complexity index is 480. The predicted molar refractivity (Wildman–Crippen MR) is 94.2 cm³/mol. The van der Waals surface area contributed by atoms with Gasteiger partial charge in [0.15, 0.2) is 0 Å². The Balaban J connectivity index is 1.91. The molecule has 0 bridgehead atoms. The number of nitrogens with zero attached hydrogens (tertiary/aromatic N) is 1. The van der Waals surface area contributed by atoms with Crippen LogP contribution in [0.2, 0.25) is 0 Å². The summed E-state index contributed by atoms with van der Waals surface area (Å²) < 4.78 is 0. The topological polar surface area (TPSA) is 52.6 Å². The number of aliphatic hydroxyl groups excluding tert-OH is 1. The van der Waals surface area contributed by atoms with Gasteiger partial charge in [-0.3, -0.25) is 9.69 Å². The van der Waals surface area contributed by atoms with Crippen molar-refractivity contribution in [2.75, 3.05) is 26.2 Å². The summed E-state index contributed by atoms with van der Waals surface area (Å²) in [6.45, 7) is 9.62. The molecule has 2 fully saturated rings. The minimum atomic E-state index is -0.583. The van der Waals surface area contributed by atoms with Crippen molar-refractivity contribution in [2.24, 2.45) is 5.41 Å². The van der Waals surface area contributed by atoms with Crippen molar-refractivity contribution in [3.63, 3.8) is 0 Å². The second-order valence-corrected chi connectivity index (χ2v) is 7.43. The molecule has 23 heavy (non-hydrogen) atoms. The molecule has 0 aromatic rings. The van der Waals surface area contributed by atoms with E-state index in [2.05, 4.69) is 43.1 Å². The fourth-order valence-electron chi connectivity index (χ4n) is 3.66. The molecule has 2 N–H and O–H groups in total. The Morgan fingerprint density at radius 2 is 2.17 bits per heavy atom. The average molecular weight is 320 g/mol. The molecule has 2 aliphatic rings. The molecule has 0 radical (unpaired) electrons. The highest BCUT2D eigenvalue weighted by molar-refractivity contribution is 5.84. The molecular weight excluding hydrogens is 288 g/mol. The lowest BCUT2D eigenvalue weighted by molar-refractivity contribution is -0.148. The van der Waals surface area contributed by atoms with E-state index in [4.69, 9.17) is 0 Å². The van der Waals surface area contributed by atoms with Gasteiger partial charge in [-0.15, -0.1) is 0 Å². The summed E-state index contributed by atoms with van der Waals surface area (Å²) in [6.07, 6.45) is 8.71. The van der Waals surface area contributed by atoms with Crippen molar-refractivity contribution >= 4 is 5.91 Å². The van der Waals surface area contributed by atoms with E-state index in [1.165, 1.54) is 11.1 Å². The van der Waals surface area contributed by atoms with Crippen LogP contribution < -0.4 is 5.32 Å². The quantitative estimate of drug-likeness (QED) is 0.766. The number of piperidine rings is 2. The van der Waals surface area contributed by atoms with E-state index < -0.39 is 11.5 Å². The zero-order chi connectivity index (χ0) is 16.9. The van der Waals surface area contributed by atoms with Gasteiger partial charge in [0, 0.05) is 26.2 Å². The lowest BCUT2D eigenvalue weighted by atomic mass is 9.71. The van der Waals surface area contributed by atoms with Gasteiger partial charge in [-0.1, -0.05) is 23.3 Å². The molecule has 2 atom stereocenters. The predicted octanol–water partition coefficient (Wildman–Crippen LogP) is 2.64. The minimum Gasteiger partial charge on any atom is -0.392 e. The summed E-state index contributed by atoms with van der Waals surface area (Å²) in [6, 6.07) is 0. The largest absolute Gasteiger partial charge is 0.392 e. The zero-order valence-corrected chi connectivity index (χ0v) is 14.9. The van der Waals surface area contributed by atoms with Crippen molar-refractivity contribution in [1.29, 1.82) is 0 Å². The molecule has 0 aromatic heterocycles. The lowest BCUT2D eigenvalue weighted by Gasteiger charge is -2.46. The number of carbonyl (C=O) groups is 1. The maximum Gasteiger partial charge on any atom is 0.230 e. The van der Waals surface area contributed by atoms with Crippen molar-refractivity contribution in [3.05, 3.63) is 23.3 Å². The summed E-state index contributed by atoms with van der Waals surface area (Å²) in [4.78, 5) is 14.7. The summed E-state index contributed by atoms with van der Waals surface area (Å²) in [7, 11) is 0. The van der Waals surface area contributed by atoms with Gasteiger partial charge in [0.25, 0.3) is 0 Å². The lowest BCUT2D eigenvalue weighted by Crippen LogP contribution is -2.61. The van der Waals surface area contributed by atoms with Crippen molar-refractivity contribution in [1.82, 2.24) is 10.2 Å². The Morgan fingerprint density at radius 3 is 2.87 bits per heavy atom. The molecule has 2 rings (SSSR count). The number of likely N-dealkylation sites (tertiary alicyclic amines) is 1. The summed E-state index contributed by atoms with van der Waals surface area (Å²) in [5.74, 6) is 0.0465. The average Bonchev–Trinajstić information content (AvgIpc) is 2.51. The molecular formula is C19H32N2O2. The summed E-state index contributed by atoms with van der Waals surface area (Å²) in [5, 5.41) is 13.4. The molecule has 0 unspecified atom stereocenters. The highest BCUT2D eigenvalue weighted by atomic mass is 16.3. The van der Waals surface area contributed by atoms with Crippen LogP contribution >= 0.6 is 0 Å². The third-order valence-electron chi connectivity index (χ3n) is 5.19. The first-order valence-electron chi connectivity index (χ1n) is 8.92. The van der Waals surface area contributed by atoms with Gasteiger partial charge in [-0.25, -0.2) is 0 Å². The monoisotopic (exact) mass is 320 g/mol. The third-order valence-corrected chi connectivity index (χ3v) is 5.19. The smallest absolute Gasteiger partial charge is 0.230 e. The summed E-state index contributed by atoms with van der Waals surface area (Å²) in [5.41, 5.74) is 2.18. The van der Waals surface area contributed by atoms with Gasteiger partial charge < -0.3 is 10.4 Å². The van der Waals surface area contributed by atoms with Crippen LogP contribution in [0.5, 0.6) is 0 Å². The Kier molecular flexibility index (Phi) is 6.42. The van der Waals surface area contributed by atoms with Crippen LogP contribution in [0.4, 0.5) is 0 Å². The van der Waals surface area contributed by atoms with E-state index in [0.717, 1.165) is 45.3 Å². The number of hydrogen-bond acceptors (Lipinski definition) is 3. The first-order valence-corrected chi connectivity index (χ1v) is 8.92. The van der Waals surface area contributed by atoms with Crippen molar-refractivity contribution in [3.8, 4) is 0 Å². The highest BCUT2D eigenvalue weighted by Crippen LogP contribution is 2.37. The van der Waals surface area contributed by atoms with E-state index in [-0.39, 0.29) is 5.91 Å². The number of carbonyl (C=O) groups excluding carboxylic acids is 1. The molecule has 1 spiro atoms. The standard InChI is InChI=1S/C19H32N2O2/c1-15(2)6-4-7-16(3)8-12-21-13-9-17(22)19(14-21)10-5-11-20-18(19)23/h6,8,17,22H,4-5,7,9-14H2,1-3H3,(H,20,23)/b16-8+/t17-,19+/m0/s1. The first kappa shape index (κ1) is 18.2. The van der Waals surface area contributed by atoms with E-state index in [1.54, 1.807) is 0 Å². The number of aliphatic hydroxyl groups is 1. The second kappa shape index (κ2) is 8.11. The molecule has 4 nitrogen and oxygen atoms in total. The van der Waals surface area contributed by atoms with E-state index in [1.807, 2.05) is 0 Å². The molecule has 2 heterocycles. The van der Waals surface area contributed by atoms with Gasteiger partial charge in [-0.2, -0.15) is 0 Å². The van der Waals surface area contributed by atoms with Crippen LogP contribution in [0.1, 0.15) is 52.9 Å². The molecule has 2 aliphatic heterocycles. The number of allylic oxidation sites excluding steroid dienone is 3. The Labute approximate surface area is 140 Å². The molecule has 1 amide bonds. The van der Waals surface area contributed by atoms with E-state index in [0.29, 0.717) is 13.0 Å². The number of hydrogen-bond donors (Lipinski definition) is 2. The molecule has 4 heteroatoms. The molecule has 0 aromatic carbocycles. The number of rotatable bonds is 5. The molecule has 0 saturated carbocycles. The van der Waals surface area contributed by atoms with E-state index in [9.17, 15) is 9.90 Å². The third kappa shape index (κ3) is 4.67. The molecule has 2 saturated heterocycles. The van der Waals surface area contributed by atoms with Crippen LogP contribution in [-0.2, 0) is 4.79 Å². The van der Waals surface area contributed by atoms with Crippen LogP contribution in [0.3, 0.4) is 0 Å². The summed E-state index contributed by atoms with van der Waals surface area (Å²) >= 11 is 0. The fraction of sp³-hybridized carbons (Fsp3) is 0.737. The minimum absolute atomic E-state index is 0.0465. The maximum atomic E-state index is 12.4. The maximum absolute atomic E-state index is 12.4. The van der Waals surface area contributed by atoms with Gasteiger partial charge in [0.1, 0.15) is 0 Å². The fourth-order valence-corrected chi connectivity index (χ4v) is 3.66. The molecule has 130 valence electrons. The normalized spacial score (nSPS) is 29.5. The number of nitrogens with one attached hydrogen (secondary N) is 1. The van der Waals surface area contributed by atoms with Crippen LogP contribution in [0.15, 0.2) is 23.3 Å². The Morgan fingerprint density at radius 1 is 1.39 bits per heavy atom. The van der Waals surface area contributed by atoms with Gasteiger partial charge in [0.2, 0.25) is 5.91 Å². The van der Waals surface area contributed by atoms with E-state index >= 15 is 0 Å². The first-order chi connectivity index (χ1) is 10.9. The van der Waals surface area contributed by atoms with Crippen LogP contribution in [0.25, 0.3) is 0 Å². The number of amides is 1. The van der Waals surface area contributed by atoms with Gasteiger partial charge in [0.05, 0.1) is 11.5 Å². The van der Waals surface area contributed by atoms with Gasteiger partial charge in [-0.05, 0) is 52.9 Å². The van der Waals surface area contributed by atoms with Crippen LogP contribution in [-0.4, -0.2) is 48.2 Å². The van der Waals surface area contributed by atoms with Crippen molar-refractivity contribution < 1.29 is 9.90 Å². The van der Waals surface area contributed by atoms with Crippen molar-refractivity contribution in [2.45, 2.75) is 59.0 Å².